The molecule has 2 heterocycles. The molecule has 2 unspecified atom stereocenters. The van der Waals surface area contributed by atoms with Crippen molar-refractivity contribution in [3.63, 3.8) is 0 Å². The summed E-state index contributed by atoms with van der Waals surface area (Å²) in [5, 5.41) is 14.4. The fourth-order valence-electron chi connectivity index (χ4n) is 2.04. The van der Waals surface area contributed by atoms with Crippen LogP contribution in [0.25, 0.3) is 0 Å². The molecule has 0 saturated heterocycles. The Bertz CT molecular complexity index is 493. The second kappa shape index (κ2) is 6.54. The predicted octanol–water partition coefficient (Wildman–Crippen LogP) is 3.60. The third-order valence-corrected chi connectivity index (χ3v) is 3.95. The fraction of sp³-hybridized carbons (Fsp3) is 0.357. The first-order valence-corrected chi connectivity index (χ1v) is 7.13. The minimum Gasteiger partial charge on any atom is -0.481 e. The van der Waals surface area contributed by atoms with Crippen LogP contribution in [0.15, 0.2) is 40.3 Å². The highest BCUT2D eigenvalue weighted by atomic mass is 32.1. The lowest BCUT2D eigenvalue weighted by molar-refractivity contribution is -0.137. The van der Waals surface area contributed by atoms with Gasteiger partial charge in [-0.1, -0.05) is 13.0 Å². The number of rotatable bonds is 7. The van der Waals surface area contributed by atoms with Crippen LogP contribution in [0.3, 0.4) is 0 Å². The Morgan fingerprint density at radius 1 is 1.42 bits per heavy atom. The SMILES string of the molecule is CCC(NC(CC(=O)O)c1cccs1)c1ccco1. The lowest BCUT2D eigenvalue weighted by Gasteiger charge is -2.22. The van der Waals surface area contributed by atoms with Crippen LogP contribution < -0.4 is 5.32 Å². The van der Waals surface area contributed by atoms with Crippen molar-refractivity contribution in [2.24, 2.45) is 0 Å². The van der Waals surface area contributed by atoms with E-state index in [9.17, 15) is 4.79 Å². The Morgan fingerprint density at radius 3 is 2.79 bits per heavy atom. The van der Waals surface area contributed by atoms with Gasteiger partial charge in [-0.25, -0.2) is 0 Å². The highest BCUT2D eigenvalue weighted by Gasteiger charge is 2.21. The molecule has 2 atom stereocenters. The molecule has 0 aliphatic carbocycles. The van der Waals surface area contributed by atoms with Crippen molar-refractivity contribution in [2.75, 3.05) is 0 Å². The molecular weight excluding hydrogens is 262 g/mol. The molecule has 4 nitrogen and oxygen atoms in total. The first kappa shape index (κ1) is 13.8. The van der Waals surface area contributed by atoms with E-state index in [4.69, 9.17) is 9.52 Å². The summed E-state index contributed by atoms with van der Waals surface area (Å²) in [5.74, 6) is 0.0367. The maximum atomic E-state index is 11.0. The van der Waals surface area contributed by atoms with Gasteiger partial charge in [0.1, 0.15) is 5.76 Å². The van der Waals surface area contributed by atoms with Gasteiger partial charge in [-0.2, -0.15) is 0 Å². The van der Waals surface area contributed by atoms with Crippen molar-refractivity contribution in [3.05, 3.63) is 46.5 Å². The Morgan fingerprint density at radius 2 is 2.26 bits per heavy atom. The molecule has 0 aliphatic rings. The summed E-state index contributed by atoms with van der Waals surface area (Å²) < 4.78 is 5.40. The molecule has 0 radical (unpaired) electrons. The summed E-state index contributed by atoms with van der Waals surface area (Å²) in [6, 6.07) is 7.49. The molecule has 0 aliphatic heterocycles. The van der Waals surface area contributed by atoms with Crippen LogP contribution in [-0.4, -0.2) is 11.1 Å². The molecule has 0 fully saturated rings. The zero-order valence-corrected chi connectivity index (χ0v) is 11.5. The Balaban J connectivity index is 2.13. The van der Waals surface area contributed by atoms with E-state index in [1.807, 2.05) is 36.6 Å². The zero-order valence-electron chi connectivity index (χ0n) is 10.7. The van der Waals surface area contributed by atoms with Gasteiger partial charge in [0.15, 0.2) is 0 Å². The number of thiophene rings is 1. The van der Waals surface area contributed by atoms with Crippen molar-refractivity contribution in [1.82, 2.24) is 5.32 Å². The quantitative estimate of drug-likeness (QED) is 0.813. The second-order valence-electron chi connectivity index (χ2n) is 4.31. The summed E-state index contributed by atoms with van der Waals surface area (Å²) in [6.07, 6.45) is 2.55. The Labute approximate surface area is 116 Å². The number of aliphatic carboxylic acids is 1. The van der Waals surface area contributed by atoms with Crippen molar-refractivity contribution in [2.45, 2.75) is 31.8 Å². The normalized spacial score (nSPS) is 14.2. The molecular formula is C14H17NO3S. The molecule has 19 heavy (non-hydrogen) atoms. The van der Waals surface area contributed by atoms with E-state index in [2.05, 4.69) is 5.32 Å². The number of hydrogen-bond acceptors (Lipinski definition) is 4. The Kier molecular flexibility index (Phi) is 4.76. The van der Waals surface area contributed by atoms with Gasteiger partial charge in [0, 0.05) is 4.88 Å². The van der Waals surface area contributed by atoms with Gasteiger partial charge in [-0.3, -0.25) is 10.1 Å². The van der Waals surface area contributed by atoms with Gasteiger partial charge in [0.25, 0.3) is 0 Å². The minimum atomic E-state index is -0.805. The molecule has 102 valence electrons. The number of furan rings is 1. The molecule has 0 aromatic carbocycles. The molecule has 0 spiro atoms. The third-order valence-electron chi connectivity index (χ3n) is 2.96. The molecule has 2 rings (SSSR count). The van der Waals surface area contributed by atoms with E-state index in [-0.39, 0.29) is 18.5 Å². The number of nitrogens with one attached hydrogen (secondary N) is 1. The summed E-state index contributed by atoms with van der Waals surface area (Å²) in [4.78, 5) is 12.0. The van der Waals surface area contributed by atoms with Gasteiger partial charge in [0.2, 0.25) is 0 Å². The summed E-state index contributed by atoms with van der Waals surface area (Å²) in [6.45, 7) is 2.05. The second-order valence-corrected chi connectivity index (χ2v) is 5.29. The Hall–Kier alpha value is -1.59. The van der Waals surface area contributed by atoms with Gasteiger partial charge in [-0.15, -0.1) is 11.3 Å². The molecule has 0 saturated carbocycles. The van der Waals surface area contributed by atoms with E-state index < -0.39 is 5.97 Å². The average Bonchev–Trinajstić information content (AvgIpc) is 3.05. The highest BCUT2D eigenvalue weighted by molar-refractivity contribution is 7.10. The molecule has 0 amide bonds. The van der Waals surface area contributed by atoms with Gasteiger partial charge >= 0.3 is 5.97 Å². The van der Waals surface area contributed by atoms with E-state index in [1.165, 1.54) is 0 Å². The maximum Gasteiger partial charge on any atom is 0.305 e. The van der Waals surface area contributed by atoms with E-state index >= 15 is 0 Å². The average molecular weight is 279 g/mol. The lowest BCUT2D eigenvalue weighted by atomic mass is 10.1. The molecule has 0 bridgehead atoms. The van der Waals surface area contributed by atoms with Crippen LogP contribution in [0.2, 0.25) is 0 Å². The zero-order chi connectivity index (χ0) is 13.7. The van der Waals surface area contributed by atoms with Crippen LogP contribution in [0.5, 0.6) is 0 Å². The fourth-order valence-corrected chi connectivity index (χ4v) is 2.83. The largest absolute Gasteiger partial charge is 0.481 e. The minimum absolute atomic E-state index is 0.0291. The summed E-state index contributed by atoms with van der Waals surface area (Å²) >= 11 is 1.57. The van der Waals surface area contributed by atoms with Crippen LogP contribution >= 0.6 is 11.3 Å². The van der Waals surface area contributed by atoms with Crippen molar-refractivity contribution < 1.29 is 14.3 Å². The molecule has 2 N–H and O–H groups in total. The lowest BCUT2D eigenvalue weighted by Crippen LogP contribution is -2.27. The van der Waals surface area contributed by atoms with Gasteiger partial charge in [-0.05, 0) is 30.0 Å². The van der Waals surface area contributed by atoms with E-state index in [1.54, 1.807) is 17.6 Å². The number of carboxylic acid groups (broad SMARTS) is 1. The van der Waals surface area contributed by atoms with Crippen molar-refractivity contribution in [3.8, 4) is 0 Å². The molecule has 2 aromatic heterocycles. The van der Waals surface area contributed by atoms with E-state index in [0.717, 1.165) is 17.1 Å². The van der Waals surface area contributed by atoms with Gasteiger partial charge < -0.3 is 9.52 Å². The monoisotopic (exact) mass is 279 g/mol. The summed E-state index contributed by atoms with van der Waals surface area (Å²) in [7, 11) is 0. The summed E-state index contributed by atoms with van der Waals surface area (Å²) in [5.41, 5.74) is 0. The third kappa shape index (κ3) is 3.68. The van der Waals surface area contributed by atoms with Crippen LogP contribution in [0.1, 0.15) is 42.5 Å². The standard InChI is InChI=1S/C14H17NO3S/c1-2-10(12-5-3-7-18-12)15-11(9-14(16)17)13-6-4-8-19-13/h3-8,10-11,15H,2,9H2,1H3,(H,16,17). The molecule has 2 aromatic rings. The number of carboxylic acids is 1. The first-order chi connectivity index (χ1) is 9.20. The van der Waals surface area contributed by atoms with Crippen LogP contribution in [0.4, 0.5) is 0 Å². The van der Waals surface area contributed by atoms with Crippen molar-refractivity contribution in [1.29, 1.82) is 0 Å². The number of carbonyl (C=O) groups is 1. The molecule has 5 heteroatoms. The first-order valence-electron chi connectivity index (χ1n) is 6.25. The predicted molar refractivity (Wildman–Crippen MR) is 74.2 cm³/mol. The topological polar surface area (TPSA) is 62.5 Å². The number of hydrogen-bond donors (Lipinski definition) is 2. The van der Waals surface area contributed by atoms with Crippen LogP contribution in [0, 0.1) is 0 Å². The highest BCUT2D eigenvalue weighted by Crippen LogP contribution is 2.27. The van der Waals surface area contributed by atoms with Gasteiger partial charge in [0.05, 0.1) is 24.8 Å². The maximum absolute atomic E-state index is 11.0. The van der Waals surface area contributed by atoms with Crippen molar-refractivity contribution >= 4 is 17.3 Å². The smallest absolute Gasteiger partial charge is 0.305 e. The van der Waals surface area contributed by atoms with Crippen LogP contribution in [-0.2, 0) is 4.79 Å². The van der Waals surface area contributed by atoms with E-state index in [0.29, 0.717) is 0 Å².